The van der Waals surface area contributed by atoms with Crippen molar-refractivity contribution in [1.29, 1.82) is 0 Å². The van der Waals surface area contributed by atoms with Crippen LogP contribution in [0.5, 0.6) is 0 Å². The third-order valence-corrected chi connectivity index (χ3v) is 3.89. The zero-order valence-electron chi connectivity index (χ0n) is 10.6. The summed E-state index contributed by atoms with van der Waals surface area (Å²) in [5.74, 6) is -2.98. The van der Waals surface area contributed by atoms with Gasteiger partial charge in [0, 0.05) is 24.2 Å². The highest BCUT2D eigenvalue weighted by Crippen LogP contribution is 2.39. The third-order valence-electron chi connectivity index (χ3n) is 3.66. The number of carboxylic acids is 2. The van der Waals surface area contributed by atoms with Gasteiger partial charge in [0.15, 0.2) is 0 Å². The van der Waals surface area contributed by atoms with Crippen molar-refractivity contribution in [2.45, 2.75) is 37.3 Å². The number of aliphatic carboxylic acids is 2. The molecule has 0 radical (unpaired) electrons. The van der Waals surface area contributed by atoms with E-state index in [-0.39, 0.29) is 0 Å². The van der Waals surface area contributed by atoms with E-state index in [1.54, 1.807) is 0 Å². The standard InChI is InChI=1S/C11H13ClN2.C2H2O4/c12-11-4-1-7(6-13-11)9-5-8-2-3-10(9)14-8;3-1(4)2(5)6/h1,4,6,8-10,14H,2-3,5H2;(H,3,4)(H,5,6). The Labute approximate surface area is 120 Å². The van der Waals surface area contributed by atoms with E-state index in [9.17, 15) is 0 Å². The Balaban J connectivity index is 0.000000212. The molecule has 3 heterocycles. The van der Waals surface area contributed by atoms with E-state index < -0.39 is 11.9 Å². The lowest BCUT2D eigenvalue weighted by Gasteiger charge is -2.19. The first kappa shape index (κ1) is 14.7. The number of pyridine rings is 1. The molecule has 0 amide bonds. The number of halogens is 1. The molecule has 6 nitrogen and oxygen atoms in total. The lowest BCUT2D eigenvalue weighted by atomic mass is 9.85. The van der Waals surface area contributed by atoms with E-state index in [1.165, 1.54) is 24.8 Å². The van der Waals surface area contributed by atoms with Crippen molar-refractivity contribution in [3.8, 4) is 0 Å². The van der Waals surface area contributed by atoms with Crippen molar-refractivity contribution >= 4 is 23.5 Å². The summed E-state index contributed by atoms with van der Waals surface area (Å²) >= 11 is 5.77. The SMILES string of the molecule is Clc1ccc(C2CC3CCC2N3)cn1.O=C(O)C(=O)O. The van der Waals surface area contributed by atoms with Gasteiger partial charge in [-0.1, -0.05) is 17.7 Å². The molecule has 3 N–H and O–H groups in total. The molecular weight excluding hydrogens is 284 g/mol. The summed E-state index contributed by atoms with van der Waals surface area (Å²) in [5, 5.41) is 19.0. The Morgan fingerprint density at radius 2 is 1.95 bits per heavy atom. The van der Waals surface area contributed by atoms with Crippen molar-refractivity contribution in [3.63, 3.8) is 0 Å². The molecule has 1 aromatic rings. The molecule has 2 bridgehead atoms. The van der Waals surface area contributed by atoms with E-state index in [4.69, 9.17) is 31.4 Å². The van der Waals surface area contributed by atoms with Gasteiger partial charge in [0.1, 0.15) is 5.15 Å². The molecule has 0 saturated carbocycles. The predicted octanol–water partition coefficient (Wildman–Crippen LogP) is 1.50. The van der Waals surface area contributed by atoms with Crippen molar-refractivity contribution in [2.24, 2.45) is 0 Å². The number of carboxylic acid groups (broad SMARTS) is 2. The summed E-state index contributed by atoms with van der Waals surface area (Å²) < 4.78 is 0. The summed E-state index contributed by atoms with van der Waals surface area (Å²) in [5.41, 5.74) is 1.34. The third kappa shape index (κ3) is 3.46. The Kier molecular flexibility index (Phi) is 4.57. The molecule has 2 aliphatic rings. The maximum Gasteiger partial charge on any atom is 0.414 e. The number of rotatable bonds is 1. The quantitative estimate of drug-likeness (QED) is 0.537. The van der Waals surface area contributed by atoms with Crippen LogP contribution in [0.3, 0.4) is 0 Å². The minimum atomic E-state index is -1.82. The van der Waals surface area contributed by atoms with Gasteiger partial charge in [-0.3, -0.25) is 0 Å². The van der Waals surface area contributed by atoms with Gasteiger partial charge in [-0.15, -0.1) is 0 Å². The molecule has 0 spiro atoms. The van der Waals surface area contributed by atoms with Gasteiger partial charge in [-0.05, 0) is 30.9 Å². The van der Waals surface area contributed by atoms with Crippen LogP contribution >= 0.6 is 11.6 Å². The monoisotopic (exact) mass is 298 g/mol. The topological polar surface area (TPSA) is 99.5 Å². The largest absolute Gasteiger partial charge is 0.473 e. The van der Waals surface area contributed by atoms with Crippen molar-refractivity contribution < 1.29 is 19.8 Å². The lowest BCUT2D eigenvalue weighted by molar-refractivity contribution is -0.159. The molecule has 7 heteroatoms. The maximum atomic E-state index is 9.10. The highest BCUT2D eigenvalue weighted by Gasteiger charge is 2.39. The maximum absolute atomic E-state index is 9.10. The number of hydrogen-bond acceptors (Lipinski definition) is 4. The molecule has 3 rings (SSSR count). The second kappa shape index (κ2) is 6.19. The minimum Gasteiger partial charge on any atom is -0.473 e. The van der Waals surface area contributed by atoms with Crippen LogP contribution in [-0.2, 0) is 9.59 Å². The Bertz CT molecular complexity index is 494. The highest BCUT2D eigenvalue weighted by atomic mass is 35.5. The molecule has 20 heavy (non-hydrogen) atoms. The molecule has 0 aromatic carbocycles. The van der Waals surface area contributed by atoms with Crippen LogP contribution in [0.15, 0.2) is 18.3 Å². The average molecular weight is 299 g/mol. The predicted molar refractivity (Wildman–Crippen MR) is 71.8 cm³/mol. The van der Waals surface area contributed by atoms with E-state index in [0.29, 0.717) is 17.1 Å². The van der Waals surface area contributed by atoms with Crippen molar-refractivity contribution in [3.05, 3.63) is 29.0 Å². The molecule has 1 aromatic heterocycles. The van der Waals surface area contributed by atoms with E-state index >= 15 is 0 Å². The van der Waals surface area contributed by atoms with Gasteiger partial charge < -0.3 is 15.5 Å². The van der Waals surface area contributed by atoms with Crippen molar-refractivity contribution in [1.82, 2.24) is 10.3 Å². The Morgan fingerprint density at radius 1 is 1.25 bits per heavy atom. The summed E-state index contributed by atoms with van der Waals surface area (Å²) in [6.45, 7) is 0. The molecule has 108 valence electrons. The van der Waals surface area contributed by atoms with Crippen LogP contribution in [0.4, 0.5) is 0 Å². The second-order valence-electron chi connectivity index (χ2n) is 4.91. The van der Waals surface area contributed by atoms with Crippen LogP contribution in [0.25, 0.3) is 0 Å². The summed E-state index contributed by atoms with van der Waals surface area (Å²) in [4.78, 5) is 22.3. The normalized spacial score (nSPS) is 26.8. The van der Waals surface area contributed by atoms with Gasteiger partial charge in [-0.2, -0.15) is 0 Å². The number of aromatic nitrogens is 1. The lowest BCUT2D eigenvalue weighted by Crippen LogP contribution is -2.21. The smallest absolute Gasteiger partial charge is 0.414 e. The van der Waals surface area contributed by atoms with E-state index in [2.05, 4.69) is 16.4 Å². The molecule has 0 aliphatic carbocycles. The molecule has 2 fully saturated rings. The van der Waals surface area contributed by atoms with E-state index in [1.807, 2.05) is 12.3 Å². The molecular formula is C13H15ClN2O4. The zero-order valence-corrected chi connectivity index (χ0v) is 11.4. The second-order valence-corrected chi connectivity index (χ2v) is 5.30. The van der Waals surface area contributed by atoms with Crippen LogP contribution in [0, 0.1) is 0 Å². The first-order valence-corrected chi connectivity index (χ1v) is 6.69. The highest BCUT2D eigenvalue weighted by molar-refractivity contribution is 6.29. The number of hydrogen-bond donors (Lipinski definition) is 3. The van der Waals surface area contributed by atoms with Crippen LogP contribution in [0.1, 0.15) is 30.7 Å². The molecule has 3 atom stereocenters. The first-order chi connectivity index (χ1) is 9.47. The molecule has 3 unspecified atom stereocenters. The van der Waals surface area contributed by atoms with Crippen LogP contribution in [-0.4, -0.2) is 39.2 Å². The fraction of sp³-hybridized carbons (Fsp3) is 0.462. The van der Waals surface area contributed by atoms with Crippen molar-refractivity contribution in [2.75, 3.05) is 0 Å². The zero-order chi connectivity index (χ0) is 14.7. The molecule has 2 aliphatic heterocycles. The first-order valence-electron chi connectivity index (χ1n) is 6.31. The number of carbonyl (C=O) groups is 2. The van der Waals surface area contributed by atoms with Gasteiger partial charge in [0.2, 0.25) is 0 Å². The summed E-state index contributed by atoms with van der Waals surface area (Å²) in [6.07, 6.45) is 5.86. The fourth-order valence-electron chi connectivity index (χ4n) is 2.80. The minimum absolute atomic E-state index is 0.588. The van der Waals surface area contributed by atoms with Gasteiger partial charge >= 0.3 is 11.9 Å². The van der Waals surface area contributed by atoms with Gasteiger partial charge in [-0.25, -0.2) is 14.6 Å². The number of nitrogens with zero attached hydrogens (tertiary/aromatic N) is 1. The fourth-order valence-corrected chi connectivity index (χ4v) is 2.91. The summed E-state index contributed by atoms with van der Waals surface area (Å²) in [7, 11) is 0. The van der Waals surface area contributed by atoms with E-state index in [0.717, 1.165) is 6.04 Å². The summed E-state index contributed by atoms with van der Waals surface area (Å²) in [6, 6.07) is 5.44. The van der Waals surface area contributed by atoms with Crippen LogP contribution in [0.2, 0.25) is 5.15 Å². The van der Waals surface area contributed by atoms with Gasteiger partial charge in [0.25, 0.3) is 0 Å². The Hall–Kier alpha value is -1.66. The van der Waals surface area contributed by atoms with Crippen LogP contribution < -0.4 is 5.32 Å². The van der Waals surface area contributed by atoms with Gasteiger partial charge in [0.05, 0.1) is 0 Å². The molecule has 2 saturated heterocycles. The number of fused-ring (bicyclic) bond motifs is 2. The average Bonchev–Trinajstić information content (AvgIpc) is 3.02. The Morgan fingerprint density at radius 3 is 2.35 bits per heavy atom. The number of nitrogens with one attached hydrogen (secondary N) is 1.